The molecule has 0 bridgehead atoms. The summed E-state index contributed by atoms with van der Waals surface area (Å²) in [5.41, 5.74) is 7.30. The molecule has 1 aromatic carbocycles. The van der Waals surface area contributed by atoms with Crippen LogP contribution in [0.2, 0.25) is 16.6 Å². The van der Waals surface area contributed by atoms with Crippen molar-refractivity contribution in [2.45, 2.75) is 81.9 Å². The first-order valence-corrected chi connectivity index (χ1v) is 15.1. The standard InChI is InChI=1S/C23H41N3O5SSi/c1-8-15-25(32(29,30)23-14-10-9-13-22(23)26(27)28)17-21(24)12-11-16-31-33(18(2)3,19(4)5)20(6)7/h8-10,13-14,18-21H,1,11-12,15-17,24H2,2-7H3/t21-/m0/s1. The number of nitrogens with zero attached hydrogens (tertiary/aromatic N) is 2. The summed E-state index contributed by atoms with van der Waals surface area (Å²) < 4.78 is 34.0. The molecule has 8 nitrogen and oxygen atoms in total. The molecule has 0 spiro atoms. The Labute approximate surface area is 200 Å². The third kappa shape index (κ3) is 7.19. The second-order valence-electron chi connectivity index (χ2n) is 9.40. The van der Waals surface area contributed by atoms with E-state index in [4.69, 9.17) is 10.2 Å². The monoisotopic (exact) mass is 499 g/mol. The molecule has 0 fully saturated rings. The zero-order chi connectivity index (χ0) is 25.4. The fraction of sp³-hybridized carbons (Fsp3) is 0.652. The number of sulfonamides is 1. The largest absolute Gasteiger partial charge is 0.416 e. The highest BCUT2D eigenvalue weighted by Crippen LogP contribution is 2.42. The fourth-order valence-electron chi connectivity index (χ4n) is 4.83. The molecule has 188 valence electrons. The molecule has 0 amide bonds. The number of nitro benzene ring substituents is 1. The zero-order valence-electron chi connectivity index (χ0n) is 20.9. The molecule has 0 aliphatic rings. The summed E-state index contributed by atoms with van der Waals surface area (Å²) in [5.74, 6) is 0. The molecule has 33 heavy (non-hydrogen) atoms. The van der Waals surface area contributed by atoms with Gasteiger partial charge in [-0.2, -0.15) is 4.31 Å². The average Bonchev–Trinajstić information content (AvgIpc) is 2.72. The minimum atomic E-state index is -4.11. The second-order valence-corrected chi connectivity index (χ2v) is 16.8. The molecule has 0 aliphatic heterocycles. The van der Waals surface area contributed by atoms with Crippen LogP contribution in [0.25, 0.3) is 0 Å². The molecule has 0 aliphatic carbocycles. The lowest BCUT2D eigenvalue weighted by Gasteiger charge is -2.42. The van der Waals surface area contributed by atoms with Gasteiger partial charge in [-0.15, -0.1) is 6.58 Å². The quantitative estimate of drug-likeness (QED) is 0.118. The average molecular weight is 500 g/mol. The van der Waals surface area contributed by atoms with Crippen LogP contribution in [0.3, 0.4) is 0 Å². The Kier molecular flexibility index (Phi) is 11.4. The first-order chi connectivity index (χ1) is 15.3. The van der Waals surface area contributed by atoms with Gasteiger partial charge in [-0.1, -0.05) is 59.8 Å². The number of rotatable bonds is 15. The van der Waals surface area contributed by atoms with Crippen molar-refractivity contribution in [2.75, 3.05) is 19.7 Å². The van der Waals surface area contributed by atoms with E-state index < -0.39 is 35.0 Å². The van der Waals surface area contributed by atoms with E-state index in [0.717, 1.165) is 10.7 Å². The zero-order valence-corrected chi connectivity index (χ0v) is 22.7. The Bertz CT molecular complexity index is 868. The lowest BCUT2D eigenvalue weighted by molar-refractivity contribution is -0.387. The predicted octanol–water partition coefficient (Wildman–Crippen LogP) is 5.07. The summed E-state index contributed by atoms with van der Waals surface area (Å²) in [5, 5.41) is 11.3. The van der Waals surface area contributed by atoms with Crippen molar-refractivity contribution in [1.29, 1.82) is 0 Å². The third-order valence-electron chi connectivity index (χ3n) is 6.23. The number of nitro groups is 1. The topological polar surface area (TPSA) is 116 Å². The molecule has 0 unspecified atom stereocenters. The number of hydrogen-bond donors (Lipinski definition) is 1. The van der Waals surface area contributed by atoms with Gasteiger partial charge in [0.15, 0.2) is 13.2 Å². The summed E-state index contributed by atoms with van der Waals surface area (Å²) in [6.45, 7) is 17.7. The molecule has 0 aromatic heterocycles. The molecule has 1 rings (SSSR count). The van der Waals surface area contributed by atoms with Gasteiger partial charge >= 0.3 is 0 Å². The van der Waals surface area contributed by atoms with Crippen LogP contribution in [-0.4, -0.2) is 51.7 Å². The number of hydrogen-bond acceptors (Lipinski definition) is 6. The molecule has 2 N–H and O–H groups in total. The highest BCUT2D eigenvalue weighted by Gasteiger charge is 2.44. The van der Waals surface area contributed by atoms with Crippen molar-refractivity contribution in [1.82, 2.24) is 4.31 Å². The van der Waals surface area contributed by atoms with E-state index in [-0.39, 0.29) is 18.0 Å². The Hall–Kier alpha value is -1.59. The lowest BCUT2D eigenvalue weighted by Crippen LogP contribution is -2.48. The summed E-state index contributed by atoms with van der Waals surface area (Å²) >= 11 is 0. The number of para-hydroxylation sites is 1. The third-order valence-corrected chi connectivity index (χ3v) is 14.2. The van der Waals surface area contributed by atoms with E-state index in [9.17, 15) is 18.5 Å². The van der Waals surface area contributed by atoms with Gasteiger partial charge in [0.25, 0.3) is 5.69 Å². The van der Waals surface area contributed by atoms with Gasteiger partial charge in [0.05, 0.1) is 4.92 Å². The minimum absolute atomic E-state index is 0.0165. The second kappa shape index (κ2) is 12.8. The van der Waals surface area contributed by atoms with Crippen molar-refractivity contribution in [3.8, 4) is 0 Å². The van der Waals surface area contributed by atoms with E-state index in [2.05, 4.69) is 48.1 Å². The normalized spacial score (nSPS) is 13.8. The molecule has 0 radical (unpaired) electrons. The summed E-state index contributed by atoms with van der Waals surface area (Å²) in [6, 6.07) is 4.91. The van der Waals surface area contributed by atoms with Gasteiger partial charge in [-0.25, -0.2) is 8.42 Å². The van der Waals surface area contributed by atoms with Crippen LogP contribution >= 0.6 is 0 Å². The minimum Gasteiger partial charge on any atom is -0.416 e. The molecular weight excluding hydrogens is 458 g/mol. The van der Waals surface area contributed by atoms with Crippen molar-refractivity contribution in [2.24, 2.45) is 5.73 Å². The predicted molar refractivity (Wildman–Crippen MR) is 136 cm³/mol. The van der Waals surface area contributed by atoms with E-state index in [1.807, 2.05) is 0 Å². The number of nitrogens with two attached hydrogens (primary N) is 1. The highest BCUT2D eigenvalue weighted by molar-refractivity contribution is 7.89. The molecule has 0 saturated heterocycles. The molecule has 10 heteroatoms. The van der Waals surface area contributed by atoms with E-state index in [0.29, 0.717) is 29.7 Å². The Balaban J connectivity index is 2.88. The molecule has 1 atom stereocenters. The van der Waals surface area contributed by atoms with Crippen LogP contribution in [-0.2, 0) is 14.4 Å². The van der Waals surface area contributed by atoms with Gasteiger partial charge in [-0.3, -0.25) is 10.1 Å². The van der Waals surface area contributed by atoms with Crippen molar-refractivity contribution >= 4 is 24.0 Å². The van der Waals surface area contributed by atoms with Crippen molar-refractivity contribution in [3.05, 3.63) is 47.0 Å². The van der Waals surface area contributed by atoms with Crippen LogP contribution in [0, 0.1) is 10.1 Å². The van der Waals surface area contributed by atoms with E-state index >= 15 is 0 Å². The first-order valence-electron chi connectivity index (χ1n) is 11.6. The Morgan fingerprint density at radius 2 is 1.70 bits per heavy atom. The van der Waals surface area contributed by atoms with Crippen molar-refractivity contribution < 1.29 is 17.8 Å². The highest BCUT2D eigenvalue weighted by atomic mass is 32.2. The SMILES string of the molecule is C=CCN(C[C@@H](N)CCCO[Si](C(C)C)(C(C)C)C(C)C)S(=O)(=O)c1ccccc1[N+](=O)[O-]. The molecular formula is C23H41N3O5SSi. The summed E-state index contributed by atoms with van der Waals surface area (Å²) in [7, 11) is -6.07. The fourth-order valence-corrected chi connectivity index (χ4v) is 12.0. The van der Waals surface area contributed by atoms with E-state index in [1.54, 1.807) is 0 Å². The molecule has 0 heterocycles. The maximum absolute atomic E-state index is 13.2. The van der Waals surface area contributed by atoms with Gasteiger partial charge in [0.2, 0.25) is 10.0 Å². The van der Waals surface area contributed by atoms with Crippen LogP contribution in [0.5, 0.6) is 0 Å². The molecule has 0 saturated carbocycles. The van der Waals surface area contributed by atoms with Gasteiger partial charge in [0, 0.05) is 31.8 Å². The summed E-state index contributed by atoms with van der Waals surface area (Å²) in [4.78, 5) is 10.3. The van der Waals surface area contributed by atoms with Crippen LogP contribution in [0.4, 0.5) is 5.69 Å². The van der Waals surface area contributed by atoms with Gasteiger partial charge in [-0.05, 0) is 35.5 Å². The lowest BCUT2D eigenvalue weighted by atomic mass is 10.2. The maximum atomic E-state index is 13.2. The van der Waals surface area contributed by atoms with Crippen LogP contribution in [0.15, 0.2) is 41.8 Å². The number of benzene rings is 1. The first kappa shape index (κ1) is 29.4. The van der Waals surface area contributed by atoms with Crippen LogP contribution in [0.1, 0.15) is 54.4 Å². The van der Waals surface area contributed by atoms with E-state index in [1.165, 1.54) is 30.3 Å². The van der Waals surface area contributed by atoms with Crippen LogP contribution < -0.4 is 5.73 Å². The van der Waals surface area contributed by atoms with Gasteiger partial charge < -0.3 is 10.2 Å². The Morgan fingerprint density at radius 1 is 1.15 bits per heavy atom. The summed E-state index contributed by atoms with van der Waals surface area (Å²) in [6.07, 6.45) is 2.75. The maximum Gasteiger partial charge on any atom is 0.289 e. The smallest absolute Gasteiger partial charge is 0.289 e. The Morgan fingerprint density at radius 3 is 2.18 bits per heavy atom. The van der Waals surface area contributed by atoms with Crippen molar-refractivity contribution in [3.63, 3.8) is 0 Å². The molecule has 1 aromatic rings. The van der Waals surface area contributed by atoms with Gasteiger partial charge in [0.1, 0.15) is 0 Å².